The number of thiophene rings is 1. The number of hydrogen-bond acceptors (Lipinski definition) is 9. The monoisotopic (exact) mass is 688 g/mol. The minimum absolute atomic E-state index is 0.130. The molecule has 49 heavy (non-hydrogen) atoms. The first-order valence-electron chi connectivity index (χ1n) is 15.9. The molecule has 3 N–H and O–H groups in total. The van der Waals surface area contributed by atoms with Crippen molar-refractivity contribution in [1.29, 1.82) is 5.26 Å². The number of aromatic nitrogens is 4. The molecule has 10 nitrogen and oxygen atoms in total. The zero-order chi connectivity index (χ0) is 34.7. The summed E-state index contributed by atoms with van der Waals surface area (Å²) in [5.74, 6) is 0.652. The predicted octanol–water partition coefficient (Wildman–Crippen LogP) is 6.65. The highest BCUT2D eigenvalue weighted by Crippen LogP contribution is 2.34. The van der Waals surface area contributed by atoms with Gasteiger partial charge in [0, 0.05) is 53.2 Å². The molecular weight excluding hydrogens is 654 g/mol. The summed E-state index contributed by atoms with van der Waals surface area (Å²) in [4.78, 5) is 27.7. The molecule has 1 aliphatic rings. The molecule has 0 radical (unpaired) electrons. The van der Waals surface area contributed by atoms with Crippen molar-refractivity contribution in [3.8, 4) is 6.07 Å². The number of nitriles is 1. The molecule has 1 aromatic carbocycles. The third kappa shape index (κ3) is 7.91. The molecule has 1 fully saturated rings. The van der Waals surface area contributed by atoms with Gasteiger partial charge in [-0.25, -0.2) is 15.0 Å². The number of nitrogens with one attached hydrogen (secondary N) is 2. The molecule has 6 rings (SSSR count). The van der Waals surface area contributed by atoms with Crippen LogP contribution in [0.4, 0.5) is 24.8 Å². The first kappa shape index (κ1) is 34.0. The lowest BCUT2D eigenvalue weighted by atomic mass is 10.0. The number of likely N-dealkylation sites (tertiary alicyclic amines) is 1. The van der Waals surface area contributed by atoms with Crippen molar-refractivity contribution in [3.63, 3.8) is 0 Å². The van der Waals surface area contributed by atoms with Crippen LogP contribution in [0.2, 0.25) is 0 Å². The molecule has 1 aliphatic heterocycles. The standard InChI is InChI=1S/C35H35F3N8O2S/c1-3-4-32(48)44-31-8-6-22(17-40-31)30(47)19-46-25(16-39)13-27-21(2)23(5-7-29(27)46)18-45-11-9-24(10-12-45)43-33-28-14-26(15-35(36,37)38)49-34(28)42-20-41-33/h3-8,13-14,17,20,24,30,47H,9-12,15,18-19H2,1-2H3,(H,40,44,48)(H,41,42,43)/b4-3+. The summed E-state index contributed by atoms with van der Waals surface area (Å²) in [6.07, 6.45) is 1.44. The third-order valence-corrected chi connectivity index (χ3v) is 9.80. The minimum Gasteiger partial charge on any atom is -0.386 e. The summed E-state index contributed by atoms with van der Waals surface area (Å²) in [5, 5.41) is 28.7. The van der Waals surface area contributed by atoms with E-state index in [0.29, 0.717) is 33.1 Å². The van der Waals surface area contributed by atoms with Crippen LogP contribution in [0, 0.1) is 18.3 Å². The first-order chi connectivity index (χ1) is 23.5. The highest BCUT2D eigenvalue weighted by atomic mass is 32.1. The van der Waals surface area contributed by atoms with Gasteiger partial charge < -0.3 is 20.3 Å². The van der Waals surface area contributed by atoms with Gasteiger partial charge in [0.05, 0.1) is 24.5 Å². The van der Waals surface area contributed by atoms with Gasteiger partial charge in [0.2, 0.25) is 5.91 Å². The summed E-state index contributed by atoms with van der Waals surface area (Å²) < 4.78 is 40.7. The van der Waals surface area contributed by atoms with E-state index in [2.05, 4.69) is 42.6 Å². The number of aliphatic hydroxyl groups excluding tert-OH is 1. The molecule has 254 valence electrons. The van der Waals surface area contributed by atoms with E-state index in [4.69, 9.17) is 0 Å². The van der Waals surface area contributed by atoms with Gasteiger partial charge in [0.15, 0.2) is 0 Å². The van der Waals surface area contributed by atoms with Crippen molar-refractivity contribution in [2.24, 2.45) is 0 Å². The molecule has 14 heteroatoms. The van der Waals surface area contributed by atoms with E-state index in [1.54, 1.807) is 31.2 Å². The maximum absolute atomic E-state index is 12.9. The molecule has 1 atom stereocenters. The lowest BCUT2D eigenvalue weighted by Gasteiger charge is -2.33. The van der Waals surface area contributed by atoms with Crippen LogP contribution in [-0.4, -0.2) is 60.7 Å². The molecule has 1 amide bonds. The number of piperidine rings is 1. The van der Waals surface area contributed by atoms with Crippen LogP contribution in [0.25, 0.3) is 21.1 Å². The number of halogens is 3. The Bertz CT molecular complexity index is 2040. The number of aryl methyl sites for hydroxylation is 1. The van der Waals surface area contributed by atoms with Crippen molar-refractivity contribution in [3.05, 3.63) is 88.3 Å². The van der Waals surface area contributed by atoms with E-state index in [0.717, 1.165) is 65.8 Å². The largest absolute Gasteiger partial charge is 0.393 e. The Morgan fingerprint density at radius 2 is 1.96 bits per heavy atom. The number of fused-ring (bicyclic) bond motifs is 2. The smallest absolute Gasteiger partial charge is 0.386 e. The predicted molar refractivity (Wildman–Crippen MR) is 183 cm³/mol. The number of anilines is 2. The third-order valence-electron chi connectivity index (χ3n) is 8.75. The SMILES string of the molecule is C/C=C/C(=O)Nc1ccc(C(O)Cn2c(C#N)cc3c(C)c(CN4CCC(Nc5ncnc6sc(CC(F)(F)F)cc56)CC4)ccc32)cn1. The van der Waals surface area contributed by atoms with Crippen LogP contribution in [0.3, 0.4) is 0 Å². The lowest BCUT2D eigenvalue weighted by Crippen LogP contribution is -2.39. The second-order valence-electron chi connectivity index (χ2n) is 12.2. The number of carbonyl (C=O) groups is 1. The zero-order valence-electron chi connectivity index (χ0n) is 27.0. The molecule has 0 bridgehead atoms. The summed E-state index contributed by atoms with van der Waals surface area (Å²) >= 11 is 1.05. The minimum atomic E-state index is -4.28. The Balaban J connectivity index is 1.09. The fourth-order valence-electron chi connectivity index (χ4n) is 6.23. The quantitative estimate of drug-likeness (QED) is 0.139. The van der Waals surface area contributed by atoms with Gasteiger partial charge in [0.1, 0.15) is 34.6 Å². The topological polar surface area (TPSA) is 132 Å². The number of pyridine rings is 1. The molecule has 0 spiro atoms. The van der Waals surface area contributed by atoms with Gasteiger partial charge in [-0.2, -0.15) is 18.4 Å². The van der Waals surface area contributed by atoms with Crippen LogP contribution < -0.4 is 10.6 Å². The Kier molecular flexibility index (Phi) is 9.96. The van der Waals surface area contributed by atoms with E-state index >= 15 is 0 Å². The molecule has 0 saturated carbocycles. The van der Waals surface area contributed by atoms with Crippen LogP contribution in [0.15, 0.2) is 61.1 Å². The number of benzene rings is 1. The fraction of sp³-hybridized carbons (Fsp3) is 0.343. The summed E-state index contributed by atoms with van der Waals surface area (Å²) in [7, 11) is 0. The molecule has 0 aliphatic carbocycles. The number of aliphatic hydroxyl groups is 1. The van der Waals surface area contributed by atoms with Crippen molar-refractivity contribution in [1.82, 2.24) is 24.4 Å². The van der Waals surface area contributed by atoms with Gasteiger partial charge in [-0.3, -0.25) is 9.69 Å². The lowest BCUT2D eigenvalue weighted by molar-refractivity contribution is -0.126. The number of alkyl halides is 3. The number of amides is 1. The van der Waals surface area contributed by atoms with Gasteiger partial charge in [-0.15, -0.1) is 11.3 Å². The molecule has 5 heterocycles. The molecule has 5 aromatic rings. The highest BCUT2D eigenvalue weighted by molar-refractivity contribution is 7.18. The Labute approximate surface area is 284 Å². The van der Waals surface area contributed by atoms with Crippen LogP contribution in [0.1, 0.15) is 53.1 Å². The van der Waals surface area contributed by atoms with E-state index in [9.17, 15) is 28.3 Å². The summed E-state index contributed by atoms with van der Waals surface area (Å²) in [6.45, 7) is 6.34. The molecular formula is C35H35F3N8O2S. The van der Waals surface area contributed by atoms with Crippen LogP contribution >= 0.6 is 11.3 Å². The number of allylic oxidation sites excluding steroid dienone is 1. The fourth-order valence-corrected chi connectivity index (χ4v) is 7.26. The highest BCUT2D eigenvalue weighted by Gasteiger charge is 2.29. The van der Waals surface area contributed by atoms with E-state index in [1.165, 1.54) is 18.6 Å². The number of rotatable bonds is 10. The van der Waals surface area contributed by atoms with Crippen molar-refractivity contribution in [2.75, 3.05) is 23.7 Å². The van der Waals surface area contributed by atoms with Crippen molar-refractivity contribution in [2.45, 2.75) is 64.5 Å². The molecule has 4 aromatic heterocycles. The average Bonchev–Trinajstić information content (AvgIpc) is 3.64. The normalized spacial score (nSPS) is 15.2. The van der Waals surface area contributed by atoms with Gasteiger partial charge in [0.25, 0.3) is 0 Å². The maximum atomic E-state index is 12.9. The van der Waals surface area contributed by atoms with E-state index < -0.39 is 18.7 Å². The van der Waals surface area contributed by atoms with Crippen molar-refractivity contribution >= 4 is 50.0 Å². The van der Waals surface area contributed by atoms with Gasteiger partial charge in [-0.1, -0.05) is 18.2 Å². The second kappa shape index (κ2) is 14.3. The molecule has 1 unspecified atom stereocenters. The number of nitrogens with zero attached hydrogens (tertiary/aromatic N) is 6. The number of carbonyl (C=O) groups excluding carboxylic acids is 1. The van der Waals surface area contributed by atoms with Crippen LogP contribution in [-0.2, 0) is 24.3 Å². The van der Waals surface area contributed by atoms with Gasteiger partial charge in [-0.05, 0) is 68.2 Å². The Morgan fingerprint density at radius 1 is 1.16 bits per heavy atom. The van der Waals surface area contributed by atoms with E-state index in [1.807, 2.05) is 23.6 Å². The first-order valence-corrected chi connectivity index (χ1v) is 16.7. The zero-order valence-corrected chi connectivity index (χ0v) is 27.8. The van der Waals surface area contributed by atoms with Crippen LogP contribution in [0.5, 0.6) is 0 Å². The molecule has 1 saturated heterocycles. The van der Waals surface area contributed by atoms with Gasteiger partial charge >= 0.3 is 6.18 Å². The van der Waals surface area contributed by atoms with E-state index in [-0.39, 0.29) is 23.4 Å². The summed E-state index contributed by atoms with van der Waals surface area (Å²) in [5.41, 5.74) is 4.08. The number of hydrogen-bond donors (Lipinski definition) is 3. The Hall–Kier alpha value is -4.84. The average molecular weight is 689 g/mol. The van der Waals surface area contributed by atoms with Crippen molar-refractivity contribution < 1.29 is 23.1 Å². The summed E-state index contributed by atoms with van der Waals surface area (Å²) in [6, 6.07) is 13.2. The second-order valence-corrected chi connectivity index (χ2v) is 13.3. The Morgan fingerprint density at radius 3 is 2.65 bits per heavy atom. The maximum Gasteiger partial charge on any atom is 0.393 e.